The van der Waals surface area contributed by atoms with E-state index in [2.05, 4.69) is 0 Å². The van der Waals surface area contributed by atoms with Crippen molar-refractivity contribution < 1.29 is 79.6 Å². The van der Waals surface area contributed by atoms with E-state index in [1.165, 1.54) is 0 Å². The number of cyclic esters (lactones) is 1. The lowest BCUT2D eigenvalue weighted by Gasteiger charge is -2.42. The molecular weight excluding hydrogens is 835 g/mol. The summed E-state index contributed by atoms with van der Waals surface area (Å²) in [6.45, 7) is 6.81. The van der Waals surface area contributed by atoms with Crippen LogP contribution in [0, 0.1) is 17.8 Å². The average Bonchev–Trinajstić information content (AvgIpc) is 3.22. The maximum absolute atomic E-state index is 12.6. The number of carboxylic acids is 1. The number of hydrogen-bond donors (Lipinski definition) is 11. The Labute approximate surface area is 376 Å². The maximum Gasteiger partial charge on any atom is 0.311 e. The molecule has 0 spiro atoms. The van der Waals surface area contributed by atoms with Crippen molar-refractivity contribution in [1.82, 2.24) is 0 Å². The second-order valence-corrected chi connectivity index (χ2v) is 17.3. The molecule has 19 atom stereocenters. The van der Waals surface area contributed by atoms with Crippen LogP contribution in [0.2, 0.25) is 0 Å². The molecule has 0 aliphatic carbocycles. The second kappa shape index (κ2) is 27.9. The quantitative estimate of drug-likeness (QED) is 0.178. The van der Waals surface area contributed by atoms with Crippen molar-refractivity contribution in [3.05, 3.63) is 85.1 Å². The Bertz CT molecular complexity index is 1610. The summed E-state index contributed by atoms with van der Waals surface area (Å²) in [6, 6.07) is -1.10. The lowest BCUT2D eigenvalue weighted by atomic mass is 9.84. The molecule has 5 unspecified atom stereocenters. The van der Waals surface area contributed by atoms with Gasteiger partial charge >= 0.3 is 11.9 Å². The van der Waals surface area contributed by atoms with E-state index in [9.17, 15) is 60.7 Å². The monoisotopic (exact) mass is 907 g/mol. The van der Waals surface area contributed by atoms with Crippen LogP contribution in [-0.2, 0) is 28.5 Å². The van der Waals surface area contributed by atoms with Crippen LogP contribution in [0.15, 0.2) is 85.1 Å². The molecule has 0 aromatic carbocycles. The van der Waals surface area contributed by atoms with Gasteiger partial charge in [-0.25, -0.2) is 0 Å². The Hall–Kier alpha value is -3.40. The number of aliphatic hydroxyl groups excluding tert-OH is 9. The zero-order chi connectivity index (χ0) is 47.5. The van der Waals surface area contributed by atoms with Crippen LogP contribution < -0.4 is 5.73 Å². The molecule has 0 amide bonds. The van der Waals surface area contributed by atoms with Crippen molar-refractivity contribution in [2.75, 3.05) is 0 Å². The minimum absolute atomic E-state index is 0.0529. The fraction of sp³-hybridized carbons (Fsp3) is 0.660. The predicted octanol–water partition coefficient (Wildman–Crippen LogP) is 1.39. The first-order chi connectivity index (χ1) is 30.3. The fourth-order valence-corrected chi connectivity index (χ4v) is 7.89. The summed E-state index contributed by atoms with van der Waals surface area (Å²) >= 11 is 0. The molecule has 0 aromatic heterocycles. The van der Waals surface area contributed by atoms with E-state index in [1.807, 2.05) is 49.5 Å². The molecule has 2 bridgehead atoms. The molecule has 0 aromatic rings. The van der Waals surface area contributed by atoms with Crippen molar-refractivity contribution >= 4 is 11.9 Å². The Morgan fingerprint density at radius 3 is 1.78 bits per heavy atom. The number of esters is 1. The third-order valence-electron chi connectivity index (χ3n) is 12.0. The number of nitrogens with two attached hydrogens (primary N) is 1. The van der Waals surface area contributed by atoms with Crippen LogP contribution in [0.5, 0.6) is 0 Å². The highest BCUT2D eigenvalue weighted by atomic mass is 16.7. The number of ether oxygens (including phenoxy) is 4. The van der Waals surface area contributed by atoms with Crippen molar-refractivity contribution in [2.45, 2.75) is 177 Å². The minimum Gasteiger partial charge on any atom is -0.481 e. The smallest absolute Gasteiger partial charge is 0.311 e. The third kappa shape index (κ3) is 18.5. The Balaban J connectivity index is 1.83. The van der Waals surface area contributed by atoms with Gasteiger partial charge in [-0.05, 0) is 39.5 Å². The minimum atomic E-state index is -1.45. The number of carboxylic acid groups (broad SMARTS) is 1. The number of carbonyl (C=O) groups is 2. The van der Waals surface area contributed by atoms with Crippen molar-refractivity contribution in [1.29, 1.82) is 0 Å². The van der Waals surface area contributed by atoms with Crippen molar-refractivity contribution in [3.63, 3.8) is 0 Å². The summed E-state index contributed by atoms with van der Waals surface area (Å²) in [5, 5.41) is 107. The van der Waals surface area contributed by atoms with E-state index in [0.29, 0.717) is 0 Å². The van der Waals surface area contributed by atoms with Gasteiger partial charge in [0.05, 0.1) is 85.7 Å². The van der Waals surface area contributed by atoms with Crippen molar-refractivity contribution in [3.8, 4) is 0 Å². The summed E-state index contributed by atoms with van der Waals surface area (Å²) in [5.74, 6) is -4.15. The Morgan fingerprint density at radius 1 is 0.609 bits per heavy atom. The largest absolute Gasteiger partial charge is 0.481 e. The molecule has 0 radical (unpaired) electrons. The molecule has 17 nitrogen and oxygen atoms in total. The number of aliphatic carboxylic acids is 1. The Morgan fingerprint density at radius 2 is 1.19 bits per heavy atom. The van der Waals surface area contributed by atoms with Crippen LogP contribution in [0.4, 0.5) is 0 Å². The van der Waals surface area contributed by atoms with Crippen LogP contribution >= 0.6 is 0 Å². The zero-order valence-electron chi connectivity index (χ0n) is 37.2. The first kappa shape index (κ1) is 54.9. The molecule has 3 heterocycles. The number of hydrogen-bond acceptors (Lipinski definition) is 16. The Kier molecular flexibility index (Phi) is 24.0. The molecule has 2 saturated heterocycles. The van der Waals surface area contributed by atoms with Gasteiger partial charge in [-0.3, -0.25) is 9.59 Å². The van der Waals surface area contributed by atoms with Gasteiger partial charge in [-0.15, -0.1) is 0 Å². The van der Waals surface area contributed by atoms with Crippen LogP contribution in [0.3, 0.4) is 0 Å². The van der Waals surface area contributed by atoms with E-state index < -0.39 is 128 Å². The number of rotatable bonds is 3. The van der Waals surface area contributed by atoms with E-state index >= 15 is 0 Å². The first-order valence-corrected chi connectivity index (χ1v) is 22.2. The van der Waals surface area contributed by atoms with Crippen LogP contribution in [-0.4, -0.2) is 161 Å². The zero-order valence-corrected chi connectivity index (χ0v) is 37.2. The molecule has 12 N–H and O–H groups in total. The average molecular weight is 908 g/mol. The third-order valence-corrected chi connectivity index (χ3v) is 12.0. The summed E-state index contributed by atoms with van der Waals surface area (Å²) in [4.78, 5) is 25.1. The summed E-state index contributed by atoms with van der Waals surface area (Å²) in [7, 11) is 0. The van der Waals surface area contributed by atoms with Crippen molar-refractivity contribution in [2.24, 2.45) is 23.5 Å². The number of carbonyl (C=O) groups excluding carboxylic acids is 1. The summed E-state index contributed by atoms with van der Waals surface area (Å²) in [6.07, 6.45) is 5.99. The standard InChI is InChI=1S/C47H73NO16/c1-27-17-15-13-11-9-7-5-6-8-10-12-14-16-18-34(64-47-45(58)42(48)44(57)30(4)62-47)26-39-41(46(59)60)38(54)25-35(63-39)22-33(51)23-37(53)36(52)20-19-31(49)21-32(50)24-40(55)61-29(3)28(2)43(27)56/h5-18,27-39,41-45,47,49-54,56-58H,19-26,48H2,1-4H3,(H,59,60)/b6-5+,9-7+,10-8+,13-11+,14-12+,17-15+,18-16+/t27-,28-,29-,30?,31+,32+,33+,34-,35+,36+,37+,38-,39-,41+,42?,43+,44?,45?,47?/m0/s1. The van der Waals surface area contributed by atoms with Crippen LogP contribution in [0.25, 0.3) is 0 Å². The molecule has 3 aliphatic rings. The highest BCUT2D eigenvalue weighted by molar-refractivity contribution is 5.71. The van der Waals surface area contributed by atoms with Crippen LogP contribution in [0.1, 0.15) is 79.1 Å². The summed E-state index contributed by atoms with van der Waals surface area (Å²) < 4.78 is 23.5. The van der Waals surface area contributed by atoms with E-state index in [-0.39, 0.29) is 50.9 Å². The van der Waals surface area contributed by atoms with Gasteiger partial charge in [0.1, 0.15) is 18.1 Å². The predicted molar refractivity (Wildman–Crippen MR) is 236 cm³/mol. The second-order valence-electron chi connectivity index (χ2n) is 17.3. The van der Waals surface area contributed by atoms with Gasteiger partial charge in [-0.1, -0.05) is 98.9 Å². The van der Waals surface area contributed by atoms with Gasteiger partial charge in [-0.2, -0.15) is 0 Å². The van der Waals surface area contributed by atoms with Gasteiger partial charge in [0.2, 0.25) is 0 Å². The van der Waals surface area contributed by atoms with Gasteiger partial charge in [0, 0.05) is 31.1 Å². The maximum atomic E-state index is 12.6. The molecule has 17 heteroatoms. The molecule has 64 heavy (non-hydrogen) atoms. The molecule has 3 aliphatic heterocycles. The van der Waals surface area contributed by atoms with Gasteiger partial charge in [0.15, 0.2) is 6.29 Å². The molecule has 3 rings (SSSR count). The fourth-order valence-electron chi connectivity index (χ4n) is 7.89. The highest BCUT2D eigenvalue weighted by Crippen LogP contribution is 2.33. The summed E-state index contributed by atoms with van der Waals surface area (Å²) in [5.41, 5.74) is 6.03. The molecule has 2 fully saturated rings. The highest BCUT2D eigenvalue weighted by Gasteiger charge is 2.46. The molecule has 0 saturated carbocycles. The lowest BCUT2D eigenvalue weighted by molar-refractivity contribution is -0.279. The topological polar surface area (TPSA) is 299 Å². The normalized spacial score (nSPS) is 44.8. The van der Waals surface area contributed by atoms with E-state index in [1.54, 1.807) is 63.3 Å². The SMILES string of the molecule is CC1OC(O[C@H]2/C=C/C=C/C=C/C=C/C=C/C=C/C=C/[C@H](C)[C@@H](O)[C@@H](C)[C@H](C)OC(=O)C[C@H](O)C[C@H](O)CC[C@@H](O)[C@H](O)C[C@H](O)C[C@@H]3C[C@H](O)[C@@H](C(=O)O)[C@H](C2)O3)C(O)C(N)C1O. The van der Waals surface area contributed by atoms with E-state index in [0.717, 1.165) is 0 Å². The number of allylic oxidation sites excluding steroid dienone is 12. The number of fused-ring (bicyclic) bond motifs is 2. The van der Waals surface area contributed by atoms with Gasteiger partial charge < -0.3 is 75.7 Å². The van der Waals surface area contributed by atoms with E-state index in [4.69, 9.17) is 24.7 Å². The first-order valence-electron chi connectivity index (χ1n) is 22.2. The lowest BCUT2D eigenvalue weighted by Crippen LogP contribution is -2.61. The number of aliphatic hydroxyl groups is 9. The molecular formula is C47H73NO16. The van der Waals surface area contributed by atoms with Gasteiger partial charge in [0.25, 0.3) is 0 Å². The molecule has 362 valence electrons.